The van der Waals surface area contributed by atoms with E-state index in [1.54, 1.807) is 36.2 Å². The molecule has 164 valence electrons. The maximum atomic E-state index is 13.5. The van der Waals surface area contributed by atoms with Gasteiger partial charge in [0.05, 0.1) is 6.61 Å². The third-order valence-electron chi connectivity index (χ3n) is 4.67. The van der Waals surface area contributed by atoms with E-state index in [9.17, 15) is 13.2 Å². The molecule has 1 N–H and O–H groups in total. The number of alkyl halides is 3. The molecule has 0 unspecified atom stereocenters. The number of nitrogens with one attached hydrogen (secondary N) is 1. The van der Waals surface area contributed by atoms with Gasteiger partial charge in [-0.25, -0.2) is 4.98 Å². The third kappa shape index (κ3) is 5.65. The minimum Gasteiger partial charge on any atom is -0.494 e. The van der Waals surface area contributed by atoms with Crippen LogP contribution >= 0.6 is 0 Å². The Morgan fingerprint density at radius 3 is 2.26 bits per heavy atom. The van der Waals surface area contributed by atoms with Crippen molar-refractivity contribution in [1.82, 2.24) is 9.97 Å². The molecule has 31 heavy (non-hydrogen) atoms. The van der Waals surface area contributed by atoms with Crippen LogP contribution in [-0.2, 0) is 12.6 Å². The summed E-state index contributed by atoms with van der Waals surface area (Å²) in [6, 6.07) is 14.5. The normalized spacial score (nSPS) is 11.3. The molecule has 5 nitrogen and oxygen atoms in total. The number of nitrogens with zero attached hydrogens (tertiary/aromatic N) is 3. The molecule has 0 spiro atoms. The van der Waals surface area contributed by atoms with Gasteiger partial charge in [0.2, 0.25) is 5.95 Å². The first-order valence-corrected chi connectivity index (χ1v) is 10.1. The Hall–Kier alpha value is -3.29. The fourth-order valence-corrected chi connectivity index (χ4v) is 3.07. The van der Waals surface area contributed by atoms with Crippen molar-refractivity contribution in [1.29, 1.82) is 0 Å². The fraction of sp³-hybridized carbons (Fsp3) is 0.304. The second-order valence-corrected chi connectivity index (χ2v) is 6.99. The average molecular weight is 430 g/mol. The molecule has 3 rings (SSSR count). The number of hydrogen-bond acceptors (Lipinski definition) is 5. The summed E-state index contributed by atoms with van der Waals surface area (Å²) in [5.74, 6) is 0.486. The lowest BCUT2D eigenvalue weighted by atomic mass is 10.1. The lowest BCUT2D eigenvalue weighted by Crippen LogP contribution is -2.17. The summed E-state index contributed by atoms with van der Waals surface area (Å²) in [7, 11) is 1.72. The molecule has 0 saturated carbocycles. The van der Waals surface area contributed by atoms with Gasteiger partial charge in [0.15, 0.2) is 0 Å². The van der Waals surface area contributed by atoms with Crippen LogP contribution in [0.2, 0.25) is 0 Å². The van der Waals surface area contributed by atoms with Gasteiger partial charge in [-0.05, 0) is 55.3 Å². The lowest BCUT2D eigenvalue weighted by molar-refractivity contribution is -0.137. The SMILES string of the molecule is CCCc1ccc(N(C)c2ncc(C(F)(F)F)c(Nc3ccc(OCC)cc3)n2)cc1. The first-order valence-electron chi connectivity index (χ1n) is 10.1. The number of hydrogen-bond donors (Lipinski definition) is 1. The van der Waals surface area contributed by atoms with Gasteiger partial charge in [0, 0.05) is 24.6 Å². The number of aryl methyl sites for hydroxylation is 1. The zero-order chi connectivity index (χ0) is 22.4. The molecule has 8 heteroatoms. The molecule has 3 aromatic rings. The number of aromatic nitrogens is 2. The van der Waals surface area contributed by atoms with E-state index in [0.29, 0.717) is 18.0 Å². The quantitative estimate of drug-likeness (QED) is 0.451. The Kier molecular flexibility index (Phi) is 6.99. The van der Waals surface area contributed by atoms with Crippen LogP contribution < -0.4 is 15.0 Å². The van der Waals surface area contributed by atoms with Crippen LogP contribution in [0, 0.1) is 0 Å². The predicted molar refractivity (Wildman–Crippen MR) is 116 cm³/mol. The molecule has 0 fully saturated rings. The molecule has 2 aromatic carbocycles. The van der Waals surface area contributed by atoms with Gasteiger partial charge in [-0.2, -0.15) is 18.2 Å². The highest BCUT2D eigenvalue weighted by molar-refractivity contribution is 5.64. The van der Waals surface area contributed by atoms with Crippen molar-refractivity contribution in [2.45, 2.75) is 32.9 Å². The summed E-state index contributed by atoms with van der Waals surface area (Å²) >= 11 is 0. The standard InChI is InChI=1S/C23H25F3N4O/c1-4-6-16-7-11-18(12-8-16)30(3)22-27-15-20(23(24,25)26)21(29-22)28-17-9-13-19(14-10-17)31-5-2/h7-15H,4-6H2,1-3H3,(H,27,28,29). The number of rotatable bonds is 8. The molecule has 1 aromatic heterocycles. The van der Waals surface area contributed by atoms with Crippen LogP contribution in [0.1, 0.15) is 31.4 Å². The Labute approximate surface area is 179 Å². The molecule has 0 aliphatic heterocycles. The van der Waals surface area contributed by atoms with E-state index in [2.05, 4.69) is 22.2 Å². The van der Waals surface area contributed by atoms with Crippen molar-refractivity contribution >= 4 is 23.1 Å². The lowest BCUT2D eigenvalue weighted by Gasteiger charge is -2.20. The van der Waals surface area contributed by atoms with Crippen LogP contribution in [0.5, 0.6) is 5.75 Å². The number of ether oxygens (including phenoxy) is 1. The minimum atomic E-state index is -4.59. The number of anilines is 4. The van der Waals surface area contributed by atoms with Crippen molar-refractivity contribution in [2.24, 2.45) is 0 Å². The van der Waals surface area contributed by atoms with Crippen LogP contribution in [0.15, 0.2) is 54.7 Å². The topological polar surface area (TPSA) is 50.3 Å². The molecule has 0 bridgehead atoms. The molecule has 0 amide bonds. The molecular weight excluding hydrogens is 405 g/mol. The molecule has 0 atom stereocenters. The minimum absolute atomic E-state index is 0.157. The van der Waals surface area contributed by atoms with Gasteiger partial charge in [0.25, 0.3) is 0 Å². The van der Waals surface area contributed by atoms with Crippen LogP contribution in [0.25, 0.3) is 0 Å². The van der Waals surface area contributed by atoms with Gasteiger partial charge in [-0.1, -0.05) is 25.5 Å². The van der Waals surface area contributed by atoms with E-state index in [-0.39, 0.29) is 11.8 Å². The van der Waals surface area contributed by atoms with Crippen molar-refractivity contribution in [3.63, 3.8) is 0 Å². The fourth-order valence-electron chi connectivity index (χ4n) is 3.07. The summed E-state index contributed by atoms with van der Waals surface area (Å²) in [5.41, 5.74) is 1.51. The first-order chi connectivity index (χ1) is 14.8. The van der Waals surface area contributed by atoms with Crippen LogP contribution in [-0.4, -0.2) is 23.6 Å². The first kappa shape index (κ1) is 22.4. The second-order valence-electron chi connectivity index (χ2n) is 6.99. The zero-order valence-corrected chi connectivity index (χ0v) is 17.7. The van der Waals surface area contributed by atoms with E-state index in [1.165, 1.54) is 5.56 Å². The zero-order valence-electron chi connectivity index (χ0n) is 17.7. The van der Waals surface area contributed by atoms with Crippen LogP contribution in [0.3, 0.4) is 0 Å². The van der Waals surface area contributed by atoms with Crippen LogP contribution in [0.4, 0.5) is 36.3 Å². The summed E-state index contributed by atoms with van der Waals surface area (Å²) in [4.78, 5) is 9.79. The van der Waals surface area contributed by atoms with Crippen molar-refractivity contribution in [3.05, 3.63) is 65.9 Å². The van der Waals surface area contributed by atoms with Crippen molar-refractivity contribution in [3.8, 4) is 5.75 Å². The third-order valence-corrected chi connectivity index (χ3v) is 4.67. The predicted octanol–water partition coefficient (Wildman–Crippen LogP) is 6.36. The monoisotopic (exact) mass is 430 g/mol. The van der Waals surface area contributed by atoms with Gasteiger partial charge in [-0.3, -0.25) is 0 Å². The summed E-state index contributed by atoms with van der Waals surface area (Å²) in [6.07, 6.45) is -1.78. The highest BCUT2D eigenvalue weighted by Crippen LogP contribution is 2.36. The van der Waals surface area contributed by atoms with Crippen molar-refractivity contribution < 1.29 is 17.9 Å². The van der Waals surface area contributed by atoms with Gasteiger partial charge < -0.3 is 15.0 Å². The van der Waals surface area contributed by atoms with E-state index in [1.807, 2.05) is 31.2 Å². The van der Waals surface area contributed by atoms with Gasteiger partial charge in [-0.15, -0.1) is 0 Å². The maximum absolute atomic E-state index is 13.5. The van der Waals surface area contributed by atoms with Gasteiger partial charge in [0.1, 0.15) is 17.1 Å². The largest absolute Gasteiger partial charge is 0.494 e. The molecular formula is C23H25F3N4O. The average Bonchev–Trinajstić information content (AvgIpc) is 2.75. The molecule has 0 aliphatic carbocycles. The molecule has 0 aliphatic rings. The van der Waals surface area contributed by atoms with Crippen molar-refractivity contribution in [2.75, 3.05) is 23.9 Å². The van der Waals surface area contributed by atoms with Gasteiger partial charge >= 0.3 is 6.18 Å². The Balaban J connectivity index is 1.90. The Morgan fingerprint density at radius 2 is 1.68 bits per heavy atom. The molecule has 1 heterocycles. The maximum Gasteiger partial charge on any atom is 0.421 e. The van der Waals surface area contributed by atoms with E-state index >= 15 is 0 Å². The number of benzene rings is 2. The number of halogens is 3. The summed E-state index contributed by atoms with van der Waals surface area (Å²) < 4.78 is 46.0. The summed E-state index contributed by atoms with van der Waals surface area (Å²) in [5, 5.41) is 2.77. The molecule has 0 radical (unpaired) electrons. The van der Waals surface area contributed by atoms with E-state index in [0.717, 1.165) is 24.7 Å². The Bertz CT molecular complexity index is 989. The second kappa shape index (κ2) is 9.68. The van der Waals surface area contributed by atoms with E-state index < -0.39 is 11.7 Å². The highest BCUT2D eigenvalue weighted by Gasteiger charge is 2.35. The highest BCUT2D eigenvalue weighted by atomic mass is 19.4. The van der Waals surface area contributed by atoms with E-state index in [4.69, 9.17) is 4.74 Å². The Morgan fingerprint density at radius 1 is 1.00 bits per heavy atom. The molecule has 0 saturated heterocycles. The smallest absolute Gasteiger partial charge is 0.421 e. The summed E-state index contributed by atoms with van der Waals surface area (Å²) in [6.45, 7) is 4.47.